The zero-order chi connectivity index (χ0) is 17.6. The van der Waals surface area contributed by atoms with Crippen molar-refractivity contribution in [1.29, 1.82) is 0 Å². The summed E-state index contributed by atoms with van der Waals surface area (Å²) in [5.41, 5.74) is 0.461. The highest BCUT2D eigenvalue weighted by atomic mass is 35.5. The van der Waals surface area contributed by atoms with Crippen LogP contribution in [0.3, 0.4) is 0 Å². The summed E-state index contributed by atoms with van der Waals surface area (Å²) in [7, 11) is 0. The second-order valence-corrected chi connectivity index (χ2v) is 7.39. The SMILES string of the molecule is O=C1CC(n2c(=O)[nH]c3cc(-c4ccccc4Cl)sc3c2=O)CCN1. The molecule has 1 amide bonds. The van der Waals surface area contributed by atoms with Crippen LogP contribution in [-0.4, -0.2) is 22.0 Å². The number of hydrogen-bond acceptors (Lipinski definition) is 4. The predicted octanol–water partition coefficient (Wildman–Crippen LogP) is 2.52. The number of aromatic nitrogens is 2. The molecule has 1 unspecified atom stereocenters. The van der Waals surface area contributed by atoms with E-state index in [0.29, 0.717) is 28.2 Å². The van der Waals surface area contributed by atoms with Gasteiger partial charge in [-0.3, -0.25) is 14.2 Å². The maximum atomic E-state index is 12.9. The van der Waals surface area contributed by atoms with E-state index in [1.54, 1.807) is 12.1 Å². The standard InChI is InChI=1S/C17H14ClN3O3S/c18-11-4-2-1-3-10(11)13-8-12-15(25-13)16(23)21(17(24)20-12)9-5-6-19-14(22)7-9/h1-4,8-9H,5-7H2,(H,19,22)(H,20,24). The Morgan fingerprint density at radius 2 is 2.00 bits per heavy atom. The van der Waals surface area contributed by atoms with Crippen LogP contribution in [0.1, 0.15) is 18.9 Å². The third-order valence-electron chi connectivity index (χ3n) is 4.33. The predicted molar refractivity (Wildman–Crippen MR) is 98.4 cm³/mol. The van der Waals surface area contributed by atoms with Gasteiger partial charge in [0, 0.05) is 28.4 Å². The van der Waals surface area contributed by atoms with Crippen LogP contribution >= 0.6 is 22.9 Å². The van der Waals surface area contributed by atoms with Crippen LogP contribution in [0, 0.1) is 0 Å². The third-order valence-corrected chi connectivity index (χ3v) is 5.82. The Morgan fingerprint density at radius 1 is 1.20 bits per heavy atom. The number of piperidine rings is 1. The van der Waals surface area contributed by atoms with E-state index in [0.717, 1.165) is 10.4 Å². The Hall–Kier alpha value is -2.38. The summed E-state index contributed by atoms with van der Waals surface area (Å²) < 4.78 is 1.63. The largest absolute Gasteiger partial charge is 0.356 e. The van der Waals surface area contributed by atoms with E-state index in [1.807, 2.05) is 18.2 Å². The van der Waals surface area contributed by atoms with Gasteiger partial charge in [0.1, 0.15) is 4.70 Å². The number of thiophene rings is 1. The van der Waals surface area contributed by atoms with E-state index in [1.165, 1.54) is 15.9 Å². The minimum absolute atomic E-state index is 0.136. The molecule has 2 N–H and O–H groups in total. The molecule has 1 fully saturated rings. The molecule has 0 saturated carbocycles. The van der Waals surface area contributed by atoms with E-state index in [-0.39, 0.29) is 17.9 Å². The monoisotopic (exact) mass is 375 g/mol. The molecular formula is C17H14ClN3O3S. The van der Waals surface area contributed by atoms with Gasteiger partial charge in [0.15, 0.2) is 0 Å². The molecular weight excluding hydrogens is 362 g/mol. The Bertz CT molecular complexity index is 1100. The molecule has 3 aromatic rings. The molecule has 25 heavy (non-hydrogen) atoms. The van der Waals surface area contributed by atoms with E-state index in [9.17, 15) is 14.4 Å². The minimum atomic E-state index is -0.485. The fourth-order valence-corrected chi connectivity index (χ4v) is 4.52. The van der Waals surface area contributed by atoms with Crippen LogP contribution in [0.4, 0.5) is 0 Å². The molecule has 1 saturated heterocycles. The molecule has 128 valence electrons. The molecule has 8 heteroatoms. The first-order chi connectivity index (χ1) is 12.0. The smallest absolute Gasteiger partial charge is 0.329 e. The Kier molecular flexibility index (Phi) is 3.97. The van der Waals surface area contributed by atoms with Crippen molar-refractivity contribution in [3.05, 3.63) is 56.2 Å². The highest BCUT2D eigenvalue weighted by Crippen LogP contribution is 2.35. The van der Waals surface area contributed by atoms with E-state index >= 15 is 0 Å². The number of benzene rings is 1. The lowest BCUT2D eigenvalue weighted by atomic mass is 10.1. The van der Waals surface area contributed by atoms with Crippen LogP contribution in [0.15, 0.2) is 39.9 Å². The first kappa shape index (κ1) is 16.1. The lowest BCUT2D eigenvalue weighted by Gasteiger charge is -2.23. The number of hydrogen-bond donors (Lipinski definition) is 2. The normalized spacial score (nSPS) is 17.6. The molecule has 2 aromatic heterocycles. The van der Waals surface area contributed by atoms with Crippen molar-refractivity contribution in [2.45, 2.75) is 18.9 Å². The van der Waals surface area contributed by atoms with Gasteiger partial charge in [-0.25, -0.2) is 4.79 Å². The maximum absolute atomic E-state index is 12.9. The molecule has 0 bridgehead atoms. The van der Waals surface area contributed by atoms with Crippen molar-refractivity contribution in [1.82, 2.24) is 14.9 Å². The molecule has 0 spiro atoms. The van der Waals surface area contributed by atoms with Gasteiger partial charge in [-0.2, -0.15) is 0 Å². The number of carbonyl (C=O) groups is 1. The van der Waals surface area contributed by atoms with Gasteiger partial charge in [0.2, 0.25) is 5.91 Å². The fourth-order valence-electron chi connectivity index (χ4n) is 3.13. The molecule has 0 aliphatic carbocycles. The number of nitrogens with one attached hydrogen (secondary N) is 2. The zero-order valence-electron chi connectivity index (χ0n) is 13.0. The van der Waals surface area contributed by atoms with Crippen LogP contribution in [0.2, 0.25) is 5.02 Å². The van der Waals surface area contributed by atoms with E-state index < -0.39 is 11.7 Å². The highest BCUT2D eigenvalue weighted by molar-refractivity contribution is 7.22. The molecule has 1 aliphatic rings. The number of carbonyl (C=O) groups excluding carboxylic acids is 1. The number of nitrogens with zero attached hydrogens (tertiary/aromatic N) is 1. The second kappa shape index (κ2) is 6.16. The summed E-state index contributed by atoms with van der Waals surface area (Å²) in [6, 6.07) is 8.70. The second-order valence-electron chi connectivity index (χ2n) is 5.94. The summed E-state index contributed by atoms with van der Waals surface area (Å²) in [5.74, 6) is -0.148. The van der Waals surface area contributed by atoms with Crippen molar-refractivity contribution in [2.24, 2.45) is 0 Å². The number of rotatable bonds is 2. The Balaban J connectivity index is 1.88. The van der Waals surface area contributed by atoms with Crippen LogP contribution in [0.25, 0.3) is 20.7 Å². The first-order valence-electron chi connectivity index (χ1n) is 7.84. The molecule has 4 rings (SSSR count). The van der Waals surface area contributed by atoms with E-state index in [4.69, 9.17) is 11.6 Å². The zero-order valence-corrected chi connectivity index (χ0v) is 14.6. The number of amides is 1. The first-order valence-corrected chi connectivity index (χ1v) is 9.04. The van der Waals surface area contributed by atoms with E-state index in [2.05, 4.69) is 10.3 Å². The number of H-pyrrole nitrogens is 1. The van der Waals surface area contributed by atoms with Gasteiger partial charge in [0.25, 0.3) is 5.56 Å². The number of aromatic amines is 1. The topological polar surface area (TPSA) is 84.0 Å². The fraction of sp³-hybridized carbons (Fsp3) is 0.235. The lowest BCUT2D eigenvalue weighted by molar-refractivity contribution is -0.123. The molecule has 3 heterocycles. The number of fused-ring (bicyclic) bond motifs is 1. The molecule has 0 radical (unpaired) electrons. The number of halogens is 1. The van der Waals surface area contributed by atoms with Gasteiger partial charge in [-0.1, -0.05) is 29.8 Å². The summed E-state index contributed by atoms with van der Waals surface area (Å²) in [6.07, 6.45) is 0.695. The van der Waals surface area contributed by atoms with Crippen LogP contribution in [0.5, 0.6) is 0 Å². The average Bonchev–Trinajstić information content (AvgIpc) is 2.99. The van der Waals surface area contributed by atoms with Gasteiger partial charge >= 0.3 is 5.69 Å². The molecule has 1 aliphatic heterocycles. The summed E-state index contributed by atoms with van der Waals surface area (Å²) in [5, 5.41) is 3.30. The van der Waals surface area contributed by atoms with Crippen molar-refractivity contribution in [2.75, 3.05) is 6.54 Å². The van der Waals surface area contributed by atoms with Crippen molar-refractivity contribution in [3.63, 3.8) is 0 Å². The average molecular weight is 376 g/mol. The lowest BCUT2D eigenvalue weighted by Crippen LogP contribution is -2.43. The van der Waals surface area contributed by atoms with Crippen molar-refractivity contribution < 1.29 is 4.79 Å². The van der Waals surface area contributed by atoms with Gasteiger partial charge in [-0.15, -0.1) is 11.3 Å². The summed E-state index contributed by atoms with van der Waals surface area (Å²) >= 11 is 7.52. The molecule has 1 atom stereocenters. The van der Waals surface area contributed by atoms with Gasteiger partial charge in [-0.05, 0) is 18.6 Å². The van der Waals surface area contributed by atoms with Crippen molar-refractivity contribution in [3.8, 4) is 10.4 Å². The minimum Gasteiger partial charge on any atom is -0.356 e. The Morgan fingerprint density at radius 3 is 2.76 bits per heavy atom. The quantitative estimate of drug-likeness (QED) is 0.721. The maximum Gasteiger partial charge on any atom is 0.329 e. The van der Waals surface area contributed by atoms with Gasteiger partial charge < -0.3 is 10.3 Å². The van der Waals surface area contributed by atoms with Crippen LogP contribution < -0.4 is 16.6 Å². The van der Waals surface area contributed by atoms with Crippen LogP contribution in [-0.2, 0) is 4.79 Å². The molecule has 1 aromatic carbocycles. The third kappa shape index (κ3) is 2.79. The summed E-state index contributed by atoms with van der Waals surface area (Å²) in [4.78, 5) is 40.5. The van der Waals surface area contributed by atoms with Gasteiger partial charge in [0.05, 0.1) is 11.6 Å². The molecule has 6 nitrogen and oxygen atoms in total. The Labute approximate surface area is 151 Å². The highest BCUT2D eigenvalue weighted by Gasteiger charge is 2.25. The summed E-state index contributed by atoms with van der Waals surface area (Å²) in [6.45, 7) is 0.461. The van der Waals surface area contributed by atoms with Crippen molar-refractivity contribution >= 4 is 39.1 Å².